The zero-order valence-corrected chi connectivity index (χ0v) is 13.1. The average Bonchev–Trinajstić information content (AvgIpc) is 2.25. The third kappa shape index (κ3) is 9.64. The van der Waals surface area contributed by atoms with Crippen LogP contribution in [0.5, 0.6) is 0 Å². The van der Waals surface area contributed by atoms with Gasteiger partial charge in [0.05, 0.1) is 18.6 Å². The van der Waals surface area contributed by atoms with Crippen molar-refractivity contribution in [1.29, 1.82) is 0 Å². The molecule has 0 heterocycles. The Kier molecular flexibility index (Phi) is 9.91. The molecule has 0 aliphatic carbocycles. The fourth-order valence-corrected chi connectivity index (χ4v) is 2.41. The minimum absolute atomic E-state index is 0.429. The highest BCUT2D eigenvalue weighted by molar-refractivity contribution is 4.57. The number of hydrogen-bond donors (Lipinski definition) is 1. The summed E-state index contributed by atoms with van der Waals surface area (Å²) in [6.45, 7) is 14.5. The molecule has 0 amide bonds. The van der Waals surface area contributed by atoms with Gasteiger partial charge in [0.25, 0.3) is 0 Å². The largest absolute Gasteiger partial charge is 0.331 e. The van der Waals surface area contributed by atoms with Crippen LogP contribution in [0.4, 0.5) is 0 Å². The fraction of sp³-hybridized carbons (Fsp3) is 1.00. The molecular formula is C16H36N+. The van der Waals surface area contributed by atoms with Gasteiger partial charge >= 0.3 is 0 Å². The lowest BCUT2D eigenvalue weighted by molar-refractivity contribution is -0.947. The van der Waals surface area contributed by atoms with E-state index in [1.807, 2.05) is 4.90 Å². The molecule has 0 aromatic heterocycles. The Morgan fingerprint density at radius 3 is 1.35 bits per heavy atom. The Morgan fingerprint density at radius 1 is 0.647 bits per heavy atom. The second-order valence-corrected chi connectivity index (χ2v) is 6.47. The van der Waals surface area contributed by atoms with Crippen molar-refractivity contribution in [2.45, 2.75) is 91.5 Å². The summed E-state index contributed by atoms with van der Waals surface area (Å²) in [6, 6.07) is 0. The van der Waals surface area contributed by atoms with Gasteiger partial charge in [-0.1, -0.05) is 39.5 Å². The SMILES string of the molecule is CCCCCC[NH+](CCCCCC)C(C)(C)C. The van der Waals surface area contributed by atoms with Gasteiger partial charge < -0.3 is 4.90 Å². The van der Waals surface area contributed by atoms with Crippen LogP contribution in [0, 0.1) is 0 Å². The van der Waals surface area contributed by atoms with Gasteiger partial charge in [0.1, 0.15) is 0 Å². The molecule has 0 aliphatic rings. The van der Waals surface area contributed by atoms with Gasteiger partial charge in [0.2, 0.25) is 0 Å². The summed E-state index contributed by atoms with van der Waals surface area (Å²) < 4.78 is 0. The lowest BCUT2D eigenvalue weighted by Crippen LogP contribution is -3.18. The van der Waals surface area contributed by atoms with E-state index in [0.29, 0.717) is 5.54 Å². The molecule has 0 bridgehead atoms. The van der Waals surface area contributed by atoms with Crippen LogP contribution in [0.25, 0.3) is 0 Å². The van der Waals surface area contributed by atoms with Gasteiger partial charge in [-0.05, 0) is 46.5 Å². The van der Waals surface area contributed by atoms with Gasteiger partial charge in [-0.3, -0.25) is 0 Å². The highest BCUT2D eigenvalue weighted by Gasteiger charge is 2.23. The average molecular weight is 242 g/mol. The van der Waals surface area contributed by atoms with Gasteiger partial charge in [0.15, 0.2) is 0 Å². The molecule has 0 saturated carbocycles. The Balaban J connectivity index is 3.81. The van der Waals surface area contributed by atoms with Crippen molar-refractivity contribution in [2.24, 2.45) is 0 Å². The van der Waals surface area contributed by atoms with Crippen molar-refractivity contribution in [3.8, 4) is 0 Å². The Hall–Kier alpha value is -0.0400. The van der Waals surface area contributed by atoms with Crippen molar-refractivity contribution in [3.63, 3.8) is 0 Å². The molecule has 1 nitrogen and oxygen atoms in total. The van der Waals surface area contributed by atoms with Crippen LogP contribution in [0.15, 0.2) is 0 Å². The first-order valence-corrected chi connectivity index (χ1v) is 7.87. The minimum atomic E-state index is 0.429. The predicted octanol–water partition coefficient (Wildman–Crippen LogP) is 3.83. The number of hydrogen-bond acceptors (Lipinski definition) is 0. The van der Waals surface area contributed by atoms with E-state index >= 15 is 0 Å². The Morgan fingerprint density at radius 2 is 1.06 bits per heavy atom. The summed E-state index contributed by atoms with van der Waals surface area (Å²) in [6.07, 6.45) is 11.2. The maximum absolute atomic E-state index is 2.39. The zero-order chi connectivity index (χ0) is 13.1. The van der Waals surface area contributed by atoms with E-state index in [1.165, 1.54) is 64.5 Å². The smallest absolute Gasteiger partial charge is 0.0891 e. The van der Waals surface area contributed by atoms with Gasteiger partial charge in [-0.15, -0.1) is 0 Å². The zero-order valence-electron chi connectivity index (χ0n) is 13.1. The number of quaternary nitrogens is 1. The summed E-state index contributed by atoms with van der Waals surface area (Å²) >= 11 is 0. The normalized spacial score (nSPS) is 12.4. The third-order valence-electron chi connectivity index (χ3n) is 3.72. The van der Waals surface area contributed by atoms with E-state index < -0.39 is 0 Å². The molecule has 0 aromatic carbocycles. The number of rotatable bonds is 10. The molecule has 0 spiro atoms. The quantitative estimate of drug-likeness (QED) is 0.555. The van der Waals surface area contributed by atoms with E-state index in [9.17, 15) is 0 Å². The summed E-state index contributed by atoms with van der Waals surface area (Å²) in [5.74, 6) is 0. The standard InChI is InChI=1S/C16H35N/c1-6-8-10-12-14-17(16(3,4)5)15-13-11-9-7-2/h6-15H2,1-5H3/p+1. The molecular weight excluding hydrogens is 206 g/mol. The fourth-order valence-electron chi connectivity index (χ4n) is 2.41. The molecule has 0 fully saturated rings. The van der Waals surface area contributed by atoms with E-state index in [-0.39, 0.29) is 0 Å². The topological polar surface area (TPSA) is 4.44 Å². The second-order valence-electron chi connectivity index (χ2n) is 6.47. The van der Waals surface area contributed by atoms with Crippen LogP contribution >= 0.6 is 0 Å². The van der Waals surface area contributed by atoms with Gasteiger partial charge in [-0.25, -0.2) is 0 Å². The van der Waals surface area contributed by atoms with E-state index in [4.69, 9.17) is 0 Å². The molecule has 1 N–H and O–H groups in total. The van der Waals surface area contributed by atoms with Crippen molar-refractivity contribution in [1.82, 2.24) is 0 Å². The molecule has 0 aromatic rings. The van der Waals surface area contributed by atoms with Gasteiger partial charge in [0, 0.05) is 0 Å². The van der Waals surface area contributed by atoms with Crippen molar-refractivity contribution < 1.29 is 4.90 Å². The molecule has 0 aliphatic heterocycles. The van der Waals surface area contributed by atoms with Crippen molar-refractivity contribution in [2.75, 3.05) is 13.1 Å². The van der Waals surface area contributed by atoms with E-state index in [0.717, 1.165) is 0 Å². The second kappa shape index (κ2) is 9.94. The molecule has 17 heavy (non-hydrogen) atoms. The third-order valence-corrected chi connectivity index (χ3v) is 3.72. The molecule has 104 valence electrons. The lowest BCUT2D eigenvalue weighted by atomic mass is 10.0. The predicted molar refractivity (Wildman–Crippen MR) is 78.7 cm³/mol. The van der Waals surface area contributed by atoms with Crippen molar-refractivity contribution >= 4 is 0 Å². The lowest BCUT2D eigenvalue weighted by Gasteiger charge is -2.32. The molecule has 0 atom stereocenters. The number of unbranched alkanes of at least 4 members (excludes halogenated alkanes) is 6. The van der Waals surface area contributed by atoms with Crippen LogP contribution in [0.1, 0.15) is 86.0 Å². The monoisotopic (exact) mass is 242 g/mol. The van der Waals surface area contributed by atoms with Gasteiger partial charge in [-0.2, -0.15) is 0 Å². The molecule has 0 saturated heterocycles. The Labute approximate surface area is 110 Å². The van der Waals surface area contributed by atoms with Crippen LogP contribution in [0.3, 0.4) is 0 Å². The highest BCUT2D eigenvalue weighted by Crippen LogP contribution is 2.01. The van der Waals surface area contributed by atoms with Crippen LogP contribution in [-0.4, -0.2) is 18.6 Å². The van der Waals surface area contributed by atoms with Crippen molar-refractivity contribution in [3.05, 3.63) is 0 Å². The van der Waals surface area contributed by atoms with Crippen LogP contribution in [0.2, 0.25) is 0 Å². The molecule has 0 unspecified atom stereocenters. The maximum atomic E-state index is 2.39. The first kappa shape index (κ1) is 17.0. The summed E-state index contributed by atoms with van der Waals surface area (Å²) in [4.78, 5) is 1.81. The van der Waals surface area contributed by atoms with E-state index in [2.05, 4.69) is 34.6 Å². The minimum Gasteiger partial charge on any atom is -0.331 e. The van der Waals surface area contributed by atoms with Crippen LogP contribution in [-0.2, 0) is 0 Å². The number of nitrogens with one attached hydrogen (secondary N) is 1. The molecule has 0 rings (SSSR count). The first-order chi connectivity index (χ1) is 8.02. The summed E-state index contributed by atoms with van der Waals surface area (Å²) in [5, 5.41) is 0. The summed E-state index contributed by atoms with van der Waals surface area (Å²) in [5.41, 5.74) is 0.429. The maximum Gasteiger partial charge on any atom is 0.0891 e. The van der Waals surface area contributed by atoms with Crippen LogP contribution < -0.4 is 4.90 Å². The Bertz CT molecular complexity index is 145. The van der Waals surface area contributed by atoms with E-state index in [1.54, 1.807) is 0 Å². The first-order valence-electron chi connectivity index (χ1n) is 7.87. The molecule has 1 heteroatoms. The summed E-state index contributed by atoms with van der Waals surface area (Å²) in [7, 11) is 0. The highest BCUT2D eigenvalue weighted by atomic mass is 15.2. The molecule has 0 radical (unpaired) electrons.